The summed E-state index contributed by atoms with van der Waals surface area (Å²) in [6.07, 6.45) is 0. The van der Waals surface area contributed by atoms with E-state index in [4.69, 9.17) is 17.2 Å². The predicted molar refractivity (Wildman–Crippen MR) is 75.8 cm³/mol. The van der Waals surface area contributed by atoms with E-state index in [1.54, 1.807) is 4.40 Å². The first-order valence-electron chi connectivity index (χ1n) is 4.83. The maximum Gasteiger partial charge on any atom is 4.00 e. The average molecular weight is 363 g/mol. The smallest absolute Gasteiger partial charge is 4.00 e. The second-order valence-corrected chi connectivity index (χ2v) is 14.1. The van der Waals surface area contributed by atoms with Gasteiger partial charge in [-0.2, -0.15) is 21.1 Å². The van der Waals surface area contributed by atoms with Crippen LogP contribution >= 0.6 is 0 Å². The molecule has 0 aromatic heterocycles. The van der Waals surface area contributed by atoms with Gasteiger partial charge in [-0.15, -0.1) is 0 Å². The third-order valence-corrected chi connectivity index (χ3v) is 5.86. The van der Waals surface area contributed by atoms with Crippen LogP contribution in [0.5, 0.6) is 0 Å². The second-order valence-electron chi connectivity index (χ2n) is 3.42. The van der Waals surface area contributed by atoms with E-state index in [0.29, 0.717) is 0 Å². The molecule has 0 spiro atoms. The van der Waals surface area contributed by atoms with Gasteiger partial charge in [0.15, 0.2) is 0 Å². The van der Waals surface area contributed by atoms with Crippen LogP contribution in [-0.4, -0.2) is 34.4 Å². The molecule has 0 atom stereocenters. The molecular weight excluding hydrogens is 338 g/mol. The van der Waals surface area contributed by atoms with Crippen LogP contribution in [0, 0.1) is 0 Å². The molecule has 0 unspecified atom stereocenters. The van der Waals surface area contributed by atoms with Crippen molar-refractivity contribution in [2.45, 2.75) is 17.3 Å². The minimum atomic E-state index is -1.44. The van der Waals surface area contributed by atoms with Crippen LogP contribution in [0.25, 0.3) is 17.2 Å². The summed E-state index contributed by atoms with van der Waals surface area (Å²) in [5.74, 6) is 7.24. The molecule has 0 aliphatic rings. The molecule has 1 aromatic carbocycles. The van der Waals surface area contributed by atoms with Crippen molar-refractivity contribution in [2.75, 3.05) is 21.1 Å². The fourth-order valence-corrected chi connectivity index (χ4v) is 3.38. The van der Waals surface area contributed by atoms with Crippen molar-refractivity contribution in [1.29, 1.82) is 0 Å². The van der Waals surface area contributed by atoms with Gasteiger partial charge >= 0.3 is 85.4 Å². The van der Waals surface area contributed by atoms with E-state index in [2.05, 4.69) is 41.5 Å². The number of nitrogens with one attached hydrogen (secondary N) is 3. The van der Waals surface area contributed by atoms with Crippen LogP contribution in [0.2, 0.25) is 17.3 Å². The third-order valence-electron chi connectivity index (χ3n) is 1.53. The molecule has 0 heterocycles. The third kappa shape index (κ3) is 14.7. The Labute approximate surface area is 123 Å². The van der Waals surface area contributed by atoms with E-state index >= 15 is 0 Å². The van der Waals surface area contributed by atoms with Crippen molar-refractivity contribution in [1.82, 2.24) is 0 Å². The Morgan fingerprint density at radius 3 is 1.12 bits per heavy atom. The van der Waals surface area contributed by atoms with Crippen molar-refractivity contribution in [2.24, 2.45) is 0 Å². The van der Waals surface area contributed by atoms with Crippen molar-refractivity contribution in [3.8, 4) is 0 Å². The van der Waals surface area contributed by atoms with Crippen molar-refractivity contribution in [3.05, 3.63) is 41.5 Å². The molecule has 0 saturated heterocycles. The molecule has 1 rings (SSSR count). The first-order valence-corrected chi connectivity index (χ1v) is 12.2. The van der Waals surface area contributed by atoms with Gasteiger partial charge in [0.1, 0.15) is 0 Å². The Morgan fingerprint density at radius 1 is 0.750 bits per heavy atom. The SMILES string of the molecule is C[NH-].C[NH-].C[NH-].[CH3][Ge]([CH3])([CH3])[c-]1cccc1.[Zr+4]. The Kier molecular flexibility index (Phi) is 28.7. The van der Waals surface area contributed by atoms with Crippen LogP contribution in [0.15, 0.2) is 24.3 Å². The Bertz CT molecular complexity index is 184. The monoisotopic (exact) mass is 363 g/mol. The van der Waals surface area contributed by atoms with E-state index in [0.717, 1.165) is 0 Å². The molecule has 0 aliphatic carbocycles. The molecule has 0 aliphatic heterocycles. The first-order chi connectivity index (χ1) is 7.11. The fraction of sp³-hybridized carbons (Fsp3) is 0.545. The zero-order valence-electron chi connectivity index (χ0n) is 11.3. The summed E-state index contributed by atoms with van der Waals surface area (Å²) < 4.78 is 1.61. The number of hydrogen-bond donors (Lipinski definition) is 0. The normalized spacial score (nSPS) is 7.81. The maximum atomic E-state index is 5.75. The molecule has 92 valence electrons. The van der Waals surface area contributed by atoms with Crippen LogP contribution in [0.1, 0.15) is 0 Å². The van der Waals surface area contributed by atoms with Gasteiger partial charge in [0.05, 0.1) is 0 Å². The molecule has 1 aromatic rings. The van der Waals surface area contributed by atoms with Crippen molar-refractivity contribution >= 4 is 17.7 Å². The van der Waals surface area contributed by atoms with Crippen molar-refractivity contribution in [3.63, 3.8) is 0 Å². The molecule has 5 heteroatoms. The molecule has 0 saturated carbocycles. The summed E-state index contributed by atoms with van der Waals surface area (Å²) >= 11 is -1.44. The van der Waals surface area contributed by atoms with Crippen LogP contribution in [0.4, 0.5) is 0 Å². The predicted octanol–water partition coefficient (Wildman–Crippen LogP) is 3.95. The Morgan fingerprint density at radius 2 is 1.00 bits per heavy atom. The quantitative estimate of drug-likeness (QED) is 0.535. The van der Waals surface area contributed by atoms with Gasteiger partial charge in [-0.1, -0.05) is 0 Å². The second kappa shape index (κ2) is 18.0. The summed E-state index contributed by atoms with van der Waals surface area (Å²) in [5, 5.41) is 0. The molecule has 16 heavy (non-hydrogen) atoms. The van der Waals surface area contributed by atoms with Gasteiger partial charge in [0.2, 0.25) is 0 Å². The molecule has 0 amide bonds. The van der Waals surface area contributed by atoms with E-state index in [1.165, 1.54) is 21.1 Å². The summed E-state index contributed by atoms with van der Waals surface area (Å²) in [6.45, 7) is 0. The number of hydrogen-bond acceptors (Lipinski definition) is 0. The molecule has 3 N–H and O–H groups in total. The average Bonchev–Trinajstić information content (AvgIpc) is 2.79. The first kappa shape index (κ1) is 25.5. The molecular formula is C11H25GeN3Zr. The topological polar surface area (TPSA) is 71.4 Å². The zero-order valence-corrected chi connectivity index (χ0v) is 15.9. The van der Waals surface area contributed by atoms with Crippen LogP contribution < -0.4 is 4.40 Å². The van der Waals surface area contributed by atoms with E-state index in [9.17, 15) is 0 Å². The minimum Gasteiger partial charge on any atom is 4.00 e. The summed E-state index contributed by atoms with van der Waals surface area (Å²) in [4.78, 5) is 0. The largest absolute Gasteiger partial charge is 4.00 e. The van der Waals surface area contributed by atoms with E-state index in [1.807, 2.05) is 0 Å². The molecule has 0 radical (unpaired) electrons. The summed E-state index contributed by atoms with van der Waals surface area (Å²) in [5.41, 5.74) is 17.2. The van der Waals surface area contributed by atoms with Gasteiger partial charge < -0.3 is 17.2 Å². The maximum absolute atomic E-state index is 5.75. The minimum absolute atomic E-state index is 0. The van der Waals surface area contributed by atoms with Gasteiger partial charge in [-0.3, -0.25) is 0 Å². The van der Waals surface area contributed by atoms with E-state index < -0.39 is 13.3 Å². The Hall–Kier alpha value is 0.656. The van der Waals surface area contributed by atoms with Crippen molar-refractivity contribution < 1.29 is 26.2 Å². The van der Waals surface area contributed by atoms with Gasteiger partial charge in [0.25, 0.3) is 0 Å². The van der Waals surface area contributed by atoms with Gasteiger partial charge in [-0.05, 0) is 0 Å². The van der Waals surface area contributed by atoms with Crippen LogP contribution in [-0.2, 0) is 26.2 Å². The van der Waals surface area contributed by atoms with E-state index in [-0.39, 0.29) is 26.2 Å². The fourth-order valence-electron chi connectivity index (χ4n) is 0.874. The zero-order chi connectivity index (χ0) is 12.9. The standard InChI is InChI=1S/C8H13Ge.3CH4N.Zr/c1-9(2,3)8-6-4-5-7-8;3*1-2;/h4-7H,1-3H3;3*2H,1H3;/q4*-1;+4. The summed E-state index contributed by atoms with van der Waals surface area (Å²) in [7, 11) is 3.75. The van der Waals surface area contributed by atoms with Crippen LogP contribution in [0.3, 0.4) is 0 Å². The molecule has 0 fully saturated rings. The van der Waals surface area contributed by atoms with Gasteiger partial charge in [-0.25, -0.2) is 0 Å². The number of rotatable bonds is 1. The summed E-state index contributed by atoms with van der Waals surface area (Å²) in [6, 6.07) is 8.76. The van der Waals surface area contributed by atoms with Gasteiger partial charge in [0, 0.05) is 0 Å². The Balaban J connectivity index is -0.0000000900. The molecule has 3 nitrogen and oxygen atoms in total. The molecule has 0 bridgehead atoms.